The van der Waals surface area contributed by atoms with E-state index >= 15 is 0 Å². The summed E-state index contributed by atoms with van der Waals surface area (Å²) in [6.45, 7) is 6.87. The number of hydrogen-bond donors (Lipinski definition) is 2. The number of nitrogens with zero attached hydrogens (tertiary/aromatic N) is 1. The van der Waals surface area contributed by atoms with Gasteiger partial charge in [0.2, 0.25) is 0 Å². The maximum absolute atomic E-state index is 9.91. The van der Waals surface area contributed by atoms with Gasteiger partial charge < -0.3 is 14.9 Å². The number of phenols is 1. The van der Waals surface area contributed by atoms with Crippen LogP contribution in [0, 0.1) is 0 Å². The van der Waals surface area contributed by atoms with Crippen LogP contribution in [0.15, 0.2) is 34.9 Å². The van der Waals surface area contributed by atoms with Crippen LogP contribution in [0.3, 0.4) is 0 Å². The van der Waals surface area contributed by atoms with Crippen LogP contribution in [0.2, 0.25) is 0 Å². The molecule has 0 aliphatic carbocycles. The molecule has 20 heavy (non-hydrogen) atoms. The molecule has 2 rings (SSSR count). The van der Waals surface area contributed by atoms with E-state index in [1.54, 1.807) is 6.07 Å². The zero-order valence-electron chi connectivity index (χ0n) is 12.3. The van der Waals surface area contributed by atoms with Gasteiger partial charge in [-0.3, -0.25) is 0 Å². The SMILES string of the molecule is CCC(NCc1cc(C(C)C)no1)c1ccccc1O. The monoisotopic (exact) mass is 274 g/mol. The summed E-state index contributed by atoms with van der Waals surface area (Å²) in [6.07, 6.45) is 0.892. The van der Waals surface area contributed by atoms with Crippen LogP contribution < -0.4 is 5.32 Å². The van der Waals surface area contributed by atoms with Crippen LogP contribution in [-0.2, 0) is 6.54 Å². The minimum atomic E-state index is 0.101. The van der Waals surface area contributed by atoms with Crippen LogP contribution in [0.5, 0.6) is 5.75 Å². The molecule has 1 unspecified atom stereocenters. The summed E-state index contributed by atoms with van der Waals surface area (Å²) in [5.74, 6) is 1.52. The Morgan fingerprint density at radius 2 is 2.05 bits per heavy atom. The molecule has 0 saturated carbocycles. The van der Waals surface area contributed by atoms with Gasteiger partial charge in [0.1, 0.15) is 5.75 Å². The summed E-state index contributed by atoms with van der Waals surface area (Å²) >= 11 is 0. The Hall–Kier alpha value is -1.81. The predicted molar refractivity (Wildman–Crippen MR) is 78.6 cm³/mol. The molecule has 0 saturated heterocycles. The molecular formula is C16H22N2O2. The topological polar surface area (TPSA) is 58.3 Å². The van der Waals surface area contributed by atoms with E-state index in [9.17, 15) is 5.11 Å². The Morgan fingerprint density at radius 1 is 1.30 bits per heavy atom. The number of hydrogen-bond acceptors (Lipinski definition) is 4. The molecule has 1 heterocycles. The van der Waals surface area contributed by atoms with E-state index in [0.29, 0.717) is 18.2 Å². The van der Waals surface area contributed by atoms with Gasteiger partial charge in [-0.05, 0) is 18.4 Å². The van der Waals surface area contributed by atoms with Gasteiger partial charge in [0.05, 0.1) is 12.2 Å². The molecular weight excluding hydrogens is 252 g/mol. The minimum absolute atomic E-state index is 0.101. The number of phenolic OH excluding ortho intramolecular Hbond substituents is 1. The maximum Gasteiger partial charge on any atom is 0.150 e. The highest BCUT2D eigenvalue weighted by atomic mass is 16.5. The molecule has 2 aromatic rings. The van der Waals surface area contributed by atoms with Gasteiger partial charge in [0, 0.05) is 17.7 Å². The maximum atomic E-state index is 9.91. The molecule has 0 radical (unpaired) electrons. The quantitative estimate of drug-likeness (QED) is 0.842. The second kappa shape index (κ2) is 6.57. The fourth-order valence-electron chi connectivity index (χ4n) is 2.16. The fourth-order valence-corrected chi connectivity index (χ4v) is 2.16. The zero-order chi connectivity index (χ0) is 14.5. The van der Waals surface area contributed by atoms with Crippen LogP contribution in [0.4, 0.5) is 0 Å². The van der Waals surface area contributed by atoms with E-state index in [1.165, 1.54) is 0 Å². The van der Waals surface area contributed by atoms with Crippen molar-refractivity contribution in [1.82, 2.24) is 10.5 Å². The first-order chi connectivity index (χ1) is 9.61. The molecule has 1 aromatic heterocycles. The highest BCUT2D eigenvalue weighted by Crippen LogP contribution is 2.26. The van der Waals surface area contributed by atoms with Crippen molar-refractivity contribution < 1.29 is 9.63 Å². The molecule has 108 valence electrons. The Kier molecular flexibility index (Phi) is 4.79. The first kappa shape index (κ1) is 14.6. The van der Waals surface area contributed by atoms with Gasteiger partial charge in [0.25, 0.3) is 0 Å². The third-order valence-corrected chi connectivity index (χ3v) is 3.41. The lowest BCUT2D eigenvalue weighted by molar-refractivity contribution is 0.353. The summed E-state index contributed by atoms with van der Waals surface area (Å²) in [5.41, 5.74) is 1.89. The average molecular weight is 274 g/mol. The Labute approximate surface area is 119 Å². The standard InChI is InChI=1S/C16H22N2O2/c1-4-14(13-7-5-6-8-16(13)19)17-10-12-9-15(11(2)3)18-20-12/h5-9,11,14,17,19H,4,10H2,1-3H3. The molecule has 0 fully saturated rings. The number of aromatic nitrogens is 1. The highest BCUT2D eigenvalue weighted by molar-refractivity contribution is 5.34. The van der Waals surface area contributed by atoms with E-state index in [0.717, 1.165) is 23.4 Å². The zero-order valence-corrected chi connectivity index (χ0v) is 12.3. The summed E-state index contributed by atoms with van der Waals surface area (Å²) < 4.78 is 5.31. The van der Waals surface area contributed by atoms with Gasteiger partial charge in [-0.2, -0.15) is 0 Å². The molecule has 4 heteroatoms. The first-order valence-electron chi connectivity index (χ1n) is 7.08. The van der Waals surface area contributed by atoms with Crippen molar-refractivity contribution in [3.63, 3.8) is 0 Å². The second-order valence-electron chi connectivity index (χ2n) is 5.27. The molecule has 0 amide bonds. The number of benzene rings is 1. The smallest absolute Gasteiger partial charge is 0.150 e. The van der Waals surface area contributed by atoms with Gasteiger partial charge in [-0.1, -0.05) is 44.1 Å². The van der Waals surface area contributed by atoms with Gasteiger partial charge in [-0.15, -0.1) is 0 Å². The Morgan fingerprint density at radius 3 is 2.65 bits per heavy atom. The number of para-hydroxylation sites is 1. The fraction of sp³-hybridized carbons (Fsp3) is 0.438. The summed E-state index contributed by atoms with van der Waals surface area (Å²) in [4.78, 5) is 0. The van der Waals surface area contributed by atoms with Crippen molar-refractivity contribution in [3.05, 3.63) is 47.3 Å². The van der Waals surface area contributed by atoms with Crippen molar-refractivity contribution >= 4 is 0 Å². The number of rotatable bonds is 6. The molecule has 1 atom stereocenters. The Bertz CT molecular complexity index is 549. The van der Waals surface area contributed by atoms with Crippen molar-refractivity contribution in [2.75, 3.05) is 0 Å². The van der Waals surface area contributed by atoms with Crippen molar-refractivity contribution in [3.8, 4) is 5.75 Å². The molecule has 0 aliphatic heterocycles. The lowest BCUT2D eigenvalue weighted by Gasteiger charge is -2.17. The van der Waals surface area contributed by atoms with E-state index in [-0.39, 0.29) is 6.04 Å². The molecule has 0 bridgehead atoms. The van der Waals surface area contributed by atoms with E-state index in [2.05, 4.69) is 31.2 Å². The van der Waals surface area contributed by atoms with Crippen molar-refractivity contribution in [2.45, 2.75) is 45.7 Å². The molecule has 0 aliphatic rings. The average Bonchev–Trinajstić information content (AvgIpc) is 2.90. The van der Waals surface area contributed by atoms with Crippen LogP contribution in [-0.4, -0.2) is 10.3 Å². The minimum Gasteiger partial charge on any atom is -0.508 e. The molecule has 4 nitrogen and oxygen atoms in total. The third kappa shape index (κ3) is 3.39. The second-order valence-corrected chi connectivity index (χ2v) is 5.27. The molecule has 2 N–H and O–H groups in total. The predicted octanol–water partition coefficient (Wildman–Crippen LogP) is 3.74. The normalized spacial score (nSPS) is 12.8. The highest BCUT2D eigenvalue weighted by Gasteiger charge is 2.14. The van der Waals surface area contributed by atoms with Crippen LogP contribution in [0.25, 0.3) is 0 Å². The summed E-state index contributed by atoms with van der Waals surface area (Å²) in [6, 6.07) is 9.50. The summed E-state index contributed by atoms with van der Waals surface area (Å²) in [5, 5.41) is 17.4. The molecule has 0 spiro atoms. The Balaban J connectivity index is 2.02. The number of aromatic hydroxyl groups is 1. The summed E-state index contributed by atoms with van der Waals surface area (Å²) in [7, 11) is 0. The lowest BCUT2D eigenvalue weighted by atomic mass is 10.0. The van der Waals surface area contributed by atoms with E-state index < -0.39 is 0 Å². The van der Waals surface area contributed by atoms with Crippen molar-refractivity contribution in [1.29, 1.82) is 0 Å². The largest absolute Gasteiger partial charge is 0.508 e. The van der Waals surface area contributed by atoms with Crippen molar-refractivity contribution in [2.24, 2.45) is 0 Å². The number of nitrogens with one attached hydrogen (secondary N) is 1. The lowest BCUT2D eigenvalue weighted by Crippen LogP contribution is -2.20. The van der Waals surface area contributed by atoms with Crippen LogP contribution >= 0.6 is 0 Å². The van der Waals surface area contributed by atoms with Crippen LogP contribution in [0.1, 0.15) is 56.2 Å². The van der Waals surface area contributed by atoms with Gasteiger partial charge in [0.15, 0.2) is 5.76 Å². The molecule has 1 aromatic carbocycles. The first-order valence-corrected chi connectivity index (χ1v) is 7.08. The van der Waals surface area contributed by atoms with E-state index in [4.69, 9.17) is 4.52 Å². The third-order valence-electron chi connectivity index (χ3n) is 3.41. The van der Waals surface area contributed by atoms with Gasteiger partial charge in [-0.25, -0.2) is 0 Å². The van der Waals surface area contributed by atoms with Gasteiger partial charge >= 0.3 is 0 Å². The van der Waals surface area contributed by atoms with E-state index in [1.807, 2.05) is 24.3 Å².